The molecule has 11 heavy (non-hydrogen) atoms. The molecule has 1 aliphatic rings. The predicted molar refractivity (Wildman–Crippen MR) is 41.8 cm³/mol. The van der Waals surface area contributed by atoms with Gasteiger partial charge in [0.05, 0.1) is 0 Å². The van der Waals surface area contributed by atoms with E-state index in [-0.39, 0.29) is 17.9 Å². The van der Waals surface area contributed by atoms with Gasteiger partial charge in [0.15, 0.2) is 0 Å². The van der Waals surface area contributed by atoms with Gasteiger partial charge >= 0.3 is 0 Å². The highest BCUT2D eigenvalue weighted by Gasteiger charge is 2.34. The molecule has 1 amide bonds. The standard InChI is InChI=1S/C8H15NO2/c9-7(11)5-8(6-10)3-1-2-4-8/h10H,1-6H2,(H2,9,11). The molecule has 0 unspecified atom stereocenters. The van der Waals surface area contributed by atoms with Crippen molar-refractivity contribution in [2.45, 2.75) is 32.1 Å². The molecule has 0 aromatic heterocycles. The van der Waals surface area contributed by atoms with E-state index in [1.54, 1.807) is 0 Å². The summed E-state index contributed by atoms with van der Waals surface area (Å²) in [6, 6.07) is 0. The molecule has 0 atom stereocenters. The van der Waals surface area contributed by atoms with Crippen LogP contribution in [0.15, 0.2) is 0 Å². The fourth-order valence-electron chi connectivity index (χ4n) is 1.89. The molecular weight excluding hydrogens is 142 g/mol. The van der Waals surface area contributed by atoms with Crippen LogP contribution in [-0.2, 0) is 4.79 Å². The maximum Gasteiger partial charge on any atom is 0.218 e. The van der Waals surface area contributed by atoms with Crippen LogP contribution in [0.3, 0.4) is 0 Å². The van der Waals surface area contributed by atoms with Crippen molar-refractivity contribution in [2.24, 2.45) is 11.1 Å². The summed E-state index contributed by atoms with van der Waals surface area (Å²) in [5.41, 5.74) is 4.92. The van der Waals surface area contributed by atoms with E-state index in [0.29, 0.717) is 6.42 Å². The van der Waals surface area contributed by atoms with Gasteiger partial charge in [-0.1, -0.05) is 12.8 Å². The number of amides is 1. The van der Waals surface area contributed by atoms with Crippen LogP contribution in [0.2, 0.25) is 0 Å². The van der Waals surface area contributed by atoms with Crippen LogP contribution in [0, 0.1) is 5.41 Å². The largest absolute Gasteiger partial charge is 0.396 e. The van der Waals surface area contributed by atoms with Crippen LogP contribution in [-0.4, -0.2) is 17.6 Å². The average Bonchev–Trinajstić information content (AvgIpc) is 2.36. The smallest absolute Gasteiger partial charge is 0.218 e. The van der Waals surface area contributed by atoms with E-state index < -0.39 is 0 Å². The lowest BCUT2D eigenvalue weighted by atomic mass is 9.83. The number of hydrogen-bond acceptors (Lipinski definition) is 2. The molecule has 1 rings (SSSR count). The van der Waals surface area contributed by atoms with E-state index in [1.807, 2.05) is 0 Å². The Kier molecular flexibility index (Phi) is 2.49. The molecule has 1 saturated carbocycles. The molecule has 1 fully saturated rings. The fourth-order valence-corrected chi connectivity index (χ4v) is 1.89. The van der Waals surface area contributed by atoms with Gasteiger partial charge in [-0.2, -0.15) is 0 Å². The topological polar surface area (TPSA) is 63.3 Å². The lowest BCUT2D eigenvalue weighted by molar-refractivity contribution is -0.121. The summed E-state index contributed by atoms with van der Waals surface area (Å²) in [7, 11) is 0. The molecule has 0 heterocycles. The van der Waals surface area contributed by atoms with Gasteiger partial charge in [-0.3, -0.25) is 4.79 Å². The lowest BCUT2D eigenvalue weighted by Crippen LogP contribution is -2.28. The summed E-state index contributed by atoms with van der Waals surface area (Å²) in [6.45, 7) is 0.107. The highest BCUT2D eigenvalue weighted by molar-refractivity contribution is 5.74. The third-order valence-corrected chi connectivity index (χ3v) is 2.55. The number of primary amides is 1. The van der Waals surface area contributed by atoms with Crippen molar-refractivity contribution in [2.75, 3.05) is 6.61 Å². The Balaban J connectivity index is 2.52. The Bertz CT molecular complexity index is 150. The second-order valence-corrected chi connectivity index (χ2v) is 3.51. The van der Waals surface area contributed by atoms with E-state index in [4.69, 9.17) is 10.8 Å². The Morgan fingerprint density at radius 1 is 1.45 bits per heavy atom. The van der Waals surface area contributed by atoms with Crippen molar-refractivity contribution in [3.8, 4) is 0 Å². The van der Waals surface area contributed by atoms with Crippen molar-refractivity contribution in [1.82, 2.24) is 0 Å². The average molecular weight is 157 g/mol. The molecule has 3 N–H and O–H groups in total. The third-order valence-electron chi connectivity index (χ3n) is 2.55. The summed E-state index contributed by atoms with van der Waals surface area (Å²) in [5, 5.41) is 9.06. The van der Waals surface area contributed by atoms with Crippen LogP contribution >= 0.6 is 0 Å². The zero-order valence-electron chi connectivity index (χ0n) is 6.68. The zero-order valence-corrected chi connectivity index (χ0v) is 6.68. The van der Waals surface area contributed by atoms with Crippen LogP contribution in [0.4, 0.5) is 0 Å². The number of carbonyl (C=O) groups is 1. The van der Waals surface area contributed by atoms with Crippen LogP contribution in [0.5, 0.6) is 0 Å². The van der Waals surface area contributed by atoms with Gasteiger partial charge in [0.1, 0.15) is 0 Å². The summed E-state index contributed by atoms with van der Waals surface area (Å²) in [4.78, 5) is 10.6. The number of hydrogen-bond donors (Lipinski definition) is 2. The lowest BCUT2D eigenvalue weighted by Gasteiger charge is -2.23. The summed E-state index contributed by atoms with van der Waals surface area (Å²) < 4.78 is 0. The molecule has 0 saturated heterocycles. The molecule has 0 bridgehead atoms. The molecule has 0 radical (unpaired) electrons. The molecule has 3 heteroatoms. The van der Waals surface area contributed by atoms with Gasteiger partial charge < -0.3 is 10.8 Å². The number of nitrogens with two attached hydrogens (primary N) is 1. The Labute approximate surface area is 66.6 Å². The Morgan fingerprint density at radius 2 is 2.00 bits per heavy atom. The number of carbonyl (C=O) groups excluding carboxylic acids is 1. The summed E-state index contributed by atoms with van der Waals surface area (Å²) >= 11 is 0. The molecule has 1 aliphatic carbocycles. The first kappa shape index (κ1) is 8.53. The minimum Gasteiger partial charge on any atom is -0.396 e. The van der Waals surface area contributed by atoms with Gasteiger partial charge in [0.25, 0.3) is 0 Å². The van der Waals surface area contributed by atoms with Gasteiger partial charge in [-0.05, 0) is 12.8 Å². The first-order valence-corrected chi connectivity index (χ1v) is 4.08. The van der Waals surface area contributed by atoms with Crippen molar-refractivity contribution < 1.29 is 9.90 Å². The molecular formula is C8H15NO2. The molecule has 3 nitrogen and oxygen atoms in total. The van der Waals surface area contributed by atoms with E-state index in [9.17, 15) is 4.79 Å². The summed E-state index contributed by atoms with van der Waals surface area (Å²) in [6.07, 6.45) is 4.49. The number of rotatable bonds is 3. The number of aliphatic hydroxyl groups is 1. The minimum atomic E-state index is -0.291. The first-order valence-electron chi connectivity index (χ1n) is 4.08. The fraction of sp³-hybridized carbons (Fsp3) is 0.875. The highest BCUT2D eigenvalue weighted by Crippen LogP contribution is 2.40. The quantitative estimate of drug-likeness (QED) is 0.623. The SMILES string of the molecule is NC(=O)CC1(CO)CCCC1. The third kappa shape index (κ3) is 1.93. The van der Waals surface area contributed by atoms with E-state index in [2.05, 4.69) is 0 Å². The van der Waals surface area contributed by atoms with Gasteiger partial charge in [-0.25, -0.2) is 0 Å². The highest BCUT2D eigenvalue weighted by atomic mass is 16.3. The van der Waals surface area contributed by atoms with E-state index in [1.165, 1.54) is 0 Å². The Morgan fingerprint density at radius 3 is 2.36 bits per heavy atom. The molecule has 0 aliphatic heterocycles. The van der Waals surface area contributed by atoms with Crippen molar-refractivity contribution in [3.63, 3.8) is 0 Å². The minimum absolute atomic E-state index is 0.107. The molecule has 0 aromatic rings. The molecule has 0 spiro atoms. The normalized spacial score (nSPS) is 21.9. The molecule has 64 valence electrons. The van der Waals surface area contributed by atoms with Crippen molar-refractivity contribution >= 4 is 5.91 Å². The van der Waals surface area contributed by atoms with Crippen LogP contribution in [0.1, 0.15) is 32.1 Å². The van der Waals surface area contributed by atoms with E-state index in [0.717, 1.165) is 25.7 Å². The van der Waals surface area contributed by atoms with Gasteiger partial charge in [0.2, 0.25) is 5.91 Å². The Hall–Kier alpha value is -0.570. The second-order valence-electron chi connectivity index (χ2n) is 3.51. The second kappa shape index (κ2) is 3.22. The predicted octanol–water partition coefficient (Wildman–Crippen LogP) is 0.414. The monoisotopic (exact) mass is 157 g/mol. The van der Waals surface area contributed by atoms with Gasteiger partial charge in [0, 0.05) is 18.4 Å². The number of aliphatic hydroxyl groups excluding tert-OH is 1. The maximum atomic E-state index is 10.6. The van der Waals surface area contributed by atoms with Crippen molar-refractivity contribution in [1.29, 1.82) is 0 Å². The van der Waals surface area contributed by atoms with Crippen molar-refractivity contribution in [3.05, 3.63) is 0 Å². The maximum absolute atomic E-state index is 10.6. The summed E-state index contributed by atoms with van der Waals surface area (Å²) in [5.74, 6) is -0.291. The zero-order chi connectivity index (χ0) is 8.32. The van der Waals surface area contributed by atoms with Crippen LogP contribution in [0.25, 0.3) is 0 Å². The van der Waals surface area contributed by atoms with Crippen LogP contribution < -0.4 is 5.73 Å². The van der Waals surface area contributed by atoms with Gasteiger partial charge in [-0.15, -0.1) is 0 Å². The van der Waals surface area contributed by atoms with E-state index >= 15 is 0 Å². The molecule has 0 aromatic carbocycles. The first-order chi connectivity index (χ1) is 5.18.